The minimum absolute atomic E-state index is 0.0861. The molecular formula is C12H21NO2. The molecule has 2 aliphatic heterocycles. The summed E-state index contributed by atoms with van der Waals surface area (Å²) in [5.74, 6) is 0. The minimum atomic E-state index is 0.0861. The third-order valence-electron chi connectivity index (χ3n) is 4.30. The molecule has 3 rings (SSSR count). The van der Waals surface area contributed by atoms with E-state index in [1.165, 1.54) is 38.8 Å². The first-order valence-electron chi connectivity index (χ1n) is 6.32. The van der Waals surface area contributed by atoms with Crippen molar-refractivity contribution in [1.82, 2.24) is 4.90 Å². The number of rotatable bonds is 3. The third-order valence-corrected chi connectivity index (χ3v) is 4.30. The normalized spacial score (nSPS) is 31.2. The van der Waals surface area contributed by atoms with Crippen molar-refractivity contribution in [3.8, 4) is 0 Å². The summed E-state index contributed by atoms with van der Waals surface area (Å²) in [6.07, 6.45) is 6.97. The Bertz CT molecular complexity index is 222. The van der Waals surface area contributed by atoms with Crippen LogP contribution in [0.25, 0.3) is 0 Å². The van der Waals surface area contributed by atoms with E-state index in [1.807, 2.05) is 0 Å². The zero-order valence-corrected chi connectivity index (χ0v) is 9.41. The summed E-state index contributed by atoms with van der Waals surface area (Å²) in [4.78, 5) is 2.60. The lowest BCUT2D eigenvalue weighted by molar-refractivity contribution is -0.0513. The molecule has 2 saturated heterocycles. The molecule has 0 atom stereocenters. The van der Waals surface area contributed by atoms with Gasteiger partial charge in [-0.3, -0.25) is 0 Å². The van der Waals surface area contributed by atoms with Gasteiger partial charge in [-0.05, 0) is 31.2 Å². The molecule has 3 nitrogen and oxygen atoms in total. The Morgan fingerprint density at radius 1 is 1.13 bits per heavy atom. The number of ether oxygens (including phenoxy) is 2. The smallest absolute Gasteiger partial charge is 0.159 e. The van der Waals surface area contributed by atoms with Crippen molar-refractivity contribution in [2.45, 2.75) is 38.4 Å². The van der Waals surface area contributed by atoms with Crippen LogP contribution >= 0.6 is 0 Å². The maximum atomic E-state index is 5.46. The quantitative estimate of drug-likeness (QED) is 0.708. The highest BCUT2D eigenvalue weighted by atomic mass is 16.7. The van der Waals surface area contributed by atoms with Gasteiger partial charge in [-0.1, -0.05) is 6.42 Å². The van der Waals surface area contributed by atoms with Gasteiger partial charge >= 0.3 is 0 Å². The molecular weight excluding hydrogens is 190 g/mol. The van der Waals surface area contributed by atoms with Crippen molar-refractivity contribution in [2.75, 3.05) is 32.8 Å². The fourth-order valence-electron chi connectivity index (χ4n) is 3.17. The van der Waals surface area contributed by atoms with Crippen molar-refractivity contribution < 1.29 is 9.47 Å². The molecule has 3 aliphatic rings. The maximum Gasteiger partial charge on any atom is 0.159 e. The topological polar surface area (TPSA) is 21.7 Å². The van der Waals surface area contributed by atoms with Gasteiger partial charge in [0.1, 0.15) is 0 Å². The van der Waals surface area contributed by atoms with Crippen molar-refractivity contribution in [3.63, 3.8) is 0 Å². The molecule has 0 unspecified atom stereocenters. The number of hydrogen-bond donors (Lipinski definition) is 0. The molecule has 0 bridgehead atoms. The van der Waals surface area contributed by atoms with E-state index in [2.05, 4.69) is 4.90 Å². The van der Waals surface area contributed by atoms with Crippen LogP contribution in [0.15, 0.2) is 0 Å². The van der Waals surface area contributed by atoms with Gasteiger partial charge in [-0.25, -0.2) is 0 Å². The molecule has 0 radical (unpaired) electrons. The lowest BCUT2D eigenvalue weighted by Gasteiger charge is -2.38. The fraction of sp³-hybridized carbons (Fsp3) is 1.00. The van der Waals surface area contributed by atoms with E-state index in [4.69, 9.17) is 9.47 Å². The van der Waals surface area contributed by atoms with Gasteiger partial charge in [0.05, 0.1) is 13.2 Å². The number of nitrogens with zero attached hydrogens (tertiary/aromatic N) is 1. The molecule has 15 heavy (non-hydrogen) atoms. The zero-order valence-electron chi connectivity index (χ0n) is 9.41. The van der Waals surface area contributed by atoms with Gasteiger partial charge in [0.25, 0.3) is 0 Å². The van der Waals surface area contributed by atoms with E-state index in [-0.39, 0.29) is 6.29 Å². The van der Waals surface area contributed by atoms with Gasteiger partial charge in [0.15, 0.2) is 6.29 Å². The van der Waals surface area contributed by atoms with E-state index in [0.29, 0.717) is 0 Å². The SMILES string of the molecule is C1CC2(C1)CCN(CCC1OCCO1)C2. The molecule has 1 aliphatic carbocycles. The van der Waals surface area contributed by atoms with Crippen LogP contribution in [0.3, 0.4) is 0 Å². The minimum Gasteiger partial charge on any atom is -0.350 e. The van der Waals surface area contributed by atoms with E-state index >= 15 is 0 Å². The van der Waals surface area contributed by atoms with Gasteiger partial charge in [-0.2, -0.15) is 0 Å². The van der Waals surface area contributed by atoms with Crippen LogP contribution in [0.5, 0.6) is 0 Å². The van der Waals surface area contributed by atoms with Crippen LogP contribution in [0, 0.1) is 5.41 Å². The first kappa shape index (κ1) is 10.1. The van der Waals surface area contributed by atoms with Crippen LogP contribution in [0.4, 0.5) is 0 Å². The van der Waals surface area contributed by atoms with Crippen LogP contribution in [0.1, 0.15) is 32.1 Å². The maximum absolute atomic E-state index is 5.46. The number of hydrogen-bond acceptors (Lipinski definition) is 3. The molecule has 3 heteroatoms. The first-order chi connectivity index (χ1) is 7.36. The average molecular weight is 211 g/mol. The largest absolute Gasteiger partial charge is 0.350 e. The molecule has 0 aromatic rings. The van der Waals surface area contributed by atoms with Crippen molar-refractivity contribution in [1.29, 1.82) is 0 Å². The molecule has 1 saturated carbocycles. The van der Waals surface area contributed by atoms with E-state index in [0.717, 1.165) is 31.6 Å². The Morgan fingerprint density at radius 2 is 1.93 bits per heavy atom. The summed E-state index contributed by atoms with van der Waals surface area (Å²) in [7, 11) is 0. The van der Waals surface area contributed by atoms with Crippen molar-refractivity contribution in [3.05, 3.63) is 0 Å². The lowest BCUT2D eigenvalue weighted by Crippen LogP contribution is -2.34. The van der Waals surface area contributed by atoms with Crippen LogP contribution in [-0.2, 0) is 9.47 Å². The van der Waals surface area contributed by atoms with E-state index in [1.54, 1.807) is 0 Å². The highest BCUT2D eigenvalue weighted by Crippen LogP contribution is 2.47. The van der Waals surface area contributed by atoms with Crippen LogP contribution < -0.4 is 0 Å². The Labute approximate surface area is 91.7 Å². The standard InChI is InChI=1S/C12H21NO2/c1-3-12(4-1)5-7-13(10-12)6-2-11-14-8-9-15-11/h11H,1-10H2. The summed E-state index contributed by atoms with van der Waals surface area (Å²) in [5, 5.41) is 0. The Morgan fingerprint density at radius 3 is 2.53 bits per heavy atom. The van der Waals surface area contributed by atoms with E-state index in [9.17, 15) is 0 Å². The molecule has 0 aromatic carbocycles. The second kappa shape index (κ2) is 4.04. The molecule has 3 fully saturated rings. The lowest BCUT2D eigenvalue weighted by atomic mass is 9.68. The summed E-state index contributed by atoms with van der Waals surface area (Å²) in [5.41, 5.74) is 0.734. The molecule has 1 spiro atoms. The molecule has 2 heterocycles. The van der Waals surface area contributed by atoms with E-state index < -0.39 is 0 Å². The number of likely N-dealkylation sites (tertiary alicyclic amines) is 1. The Kier molecular flexibility index (Phi) is 2.71. The molecule has 86 valence electrons. The molecule has 0 aromatic heterocycles. The summed E-state index contributed by atoms with van der Waals surface area (Å²) in [6, 6.07) is 0. The van der Waals surface area contributed by atoms with Crippen LogP contribution in [-0.4, -0.2) is 44.0 Å². The first-order valence-corrected chi connectivity index (χ1v) is 6.32. The molecule has 0 N–H and O–H groups in total. The fourth-order valence-corrected chi connectivity index (χ4v) is 3.17. The summed E-state index contributed by atoms with van der Waals surface area (Å²) < 4.78 is 10.9. The average Bonchev–Trinajstić information content (AvgIpc) is 2.83. The van der Waals surface area contributed by atoms with Crippen molar-refractivity contribution in [2.24, 2.45) is 5.41 Å². The third kappa shape index (κ3) is 2.05. The van der Waals surface area contributed by atoms with Gasteiger partial charge < -0.3 is 14.4 Å². The summed E-state index contributed by atoms with van der Waals surface area (Å²) in [6.45, 7) is 5.36. The Balaban J connectivity index is 1.41. The predicted molar refractivity (Wildman–Crippen MR) is 57.7 cm³/mol. The highest BCUT2D eigenvalue weighted by Gasteiger charge is 2.42. The second-order valence-corrected chi connectivity index (χ2v) is 5.34. The van der Waals surface area contributed by atoms with Crippen LogP contribution in [0.2, 0.25) is 0 Å². The van der Waals surface area contributed by atoms with Gasteiger partial charge in [-0.15, -0.1) is 0 Å². The Hall–Kier alpha value is -0.120. The van der Waals surface area contributed by atoms with Gasteiger partial charge in [0.2, 0.25) is 0 Å². The molecule has 0 amide bonds. The zero-order chi connectivity index (χ0) is 10.1. The summed E-state index contributed by atoms with van der Waals surface area (Å²) >= 11 is 0. The monoisotopic (exact) mass is 211 g/mol. The second-order valence-electron chi connectivity index (χ2n) is 5.34. The van der Waals surface area contributed by atoms with Gasteiger partial charge in [0, 0.05) is 19.5 Å². The highest BCUT2D eigenvalue weighted by molar-refractivity contribution is 4.95. The predicted octanol–water partition coefficient (Wildman–Crippen LogP) is 1.63. The van der Waals surface area contributed by atoms with Crippen molar-refractivity contribution >= 4 is 0 Å².